The highest BCUT2D eigenvalue weighted by atomic mass is 127. The van der Waals surface area contributed by atoms with Gasteiger partial charge in [-0.25, -0.2) is 13.6 Å². The van der Waals surface area contributed by atoms with Gasteiger partial charge in [-0.15, -0.1) is 24.0 Å². The summed E-state index contributed by atoms with van der Waals surface area (Å²) < 4.78 is 31.7. The number of alkyl carbamates (subject to hydrolysis) is 1. The number of aliphatic imine (C=N–C) groups is 1. The van der Waals surface area contributed by atoms with Gasteiger partial charge < -0.3 is 20.7 Å². The van der Waals surface area contributed by atoms with Gasteiger partial charge >= 0.3 is 6.09 Å². The SMILES string of the molecule is CN=C(NCCNC(=O)OC(C)(C)C)NCc1cc(F)ccc1F.I. The summed E-state index contributed by atoms with van der Waals surface area (Å²) in [4.78, 5) is 15.4. The van der Waals surface area contributed by atoms with Crippen molar-refractivity contribution in [2.24, 2.45) is 4.99 Å². The smallest absolute Gasteiger partial charge is 0.407 e. The van der Waals surface area contributed by atoms with Gasteiger partial charge in [0.2, 0.25) is 0 Å². The van der Waals surface area contributed by atoms with Gasteiger partial charge in [-0.3, -0.25) is 4.99 Å². The molecule has 0 fully saturated rings. The molecule has 1 aromatic rings. The predicted octanol–water partition coefficient (Wildman–Crippen LogP) is 2.77. The van der Waals surface area contributed by atoms with Crippen molar-refractivity contribution in [1.29, 1.82) is 0 Å². The van der Waals surface area contributed by atoms with E-state index in [-0.39, 0.29) is 36.1 Å². The molecule has 0 aliphatic rings. The van der Waals surface area contributed by atoms with Gasteiger partial charge in [-0.1, -0.05) is 0 Å². The fraction of sp³-hybridized carbons (Fsp3) is 0.500. The van der Waals surface area contributed by atoms with Crippen LogP contribution in [-0.4, -0.2) is 37.8 Å². The third-order valence-electron chi connectivity index (χ3n) is 2.76. The van der Waals surface area contributed by atoms with Crippen molar-refractivity contribution in [3.8, 4) is 0 Å². The number of rotatable bonds is 5. The summed E-state index contributed by atoms with van der Waals surface area (Å²) in [7, 11) is 1.55. The van der Waals surface area contributed by atoms with E-state index in [9.17, 15) is 13.6 Å². The van der Waals surface area contributed by atoms with Crippen molar-refractivity contribution in [3.05, 3.63) is 35.4 Å². The third kappa shape index (κ3) is 10.0. The lowest BCUT2D eigenvalue weighted by molar-refractivity contribution is 0.0529. The van der Waals surface area contributed by atoms with Crippen molar-refractivity contribution in [3.63, 3.8) is 0 Å². The molecule has 0 bridgehead atoms. The highest BCUT2D eigenvalue weighted by Crippen LogP contribution is 2.09. The van der Waals surface area contributed by atoms with Crippen LogP contribution in [0.25, 0.3) is 0 Å². The first-order valence-corrected chi connectivity index (χ1v) is 7.56. The quantitative estimate of drug-likeness (QED) is 0.268. The number of halogens is 3. The molecule has 1 aromatic carbocycles. The summed E-state index contributed by atoms with van der Waals surface area (Å²) in [6, 6.07) is 3.27. The van der Waals surface area contributed by atoms with E-state index < -0.39 is 23.3 Å². The number of amides is 1. The molecule has 6 nitrogen and oxygen atoms in total. The minimum absolute atomic E-state index is 0. The molecule has 25 heavy (non-hydrogen) atoms. The molecule has 0 saturated carbocycles. The lowest BCUT2D eigenvalue weighted by atomic mass is 10.2. The van der Waals surface area contributed by atoms with Crippen LogP contribution in [0.15, 0.2) is 23.2 Å². The van der Waals surface area contributed by atoms with Crippen LogP contribution < -0.4 is 16.0 Å². The summed E-state index contributed by atoms with van der Waals surface area (Å²) in [6.07, 6.45) is -0.505. The number of hydrogen-bond acceptors (Lipinski definition) is 3. The fourth-order valence-electron chi connectivity index (χ4n) is 1.74. The van der Waals surface area contributed by atoms with E-state index in [1.165, 1.54) is 0 Å². The number of carbonyl (C=O) groups is 1. The van der Waals surface area contributed by atoms with Crippen LogP contribution in [0, 0.1) is 11.6 Å². The maximum Gasteiger partial charge on any atom is 0.407 e. The minimum Gasteiger partial charge on any atom is -0.444 e. The standard InChI is InChI=1S/C16H24F2N4O2.HI/c1-16(2,3)24-15(23)21-8-7-20-14(19-4)22-10-11-9-12(17)5-6-13(11)18;/h5-6,9H,7-8,10H2,1-4H3,(H,21,23)(H2,19,20,22);1H. The van der Waals surface area contributed by atoms with Gasteiger partial charge in [0.1, 0.15) is 17.2 Å². The predicted molar refractivity (Wildman–Crippen MR) is 104 cm³/mol. The molecule has 142 valence electrons. The minimum atomic E-state index is -0.551. The van der Waals surface area contributed by atoms with Crippen molar-refractivity contribution in [2.45, 2.75) is 32.9 Å². The second-order valence-corrected chi connectivity index (χ2v) is 6.02. The fourth-order valence-corrected chi connectivity index (χ4v) is 1.74. The molecule has 0 heterocycles. The van der Waals surface area contributed by atoms with Gasteiger partial charge in [-0.05, 0) is 39.0 Å². The first-order chi connectivity index (χ1) is 11.2. The molecule has 0 aliphatic carbocycles. The summed E-state index contributed by atoms with van der Waals surface area (Å²) in [5.41, 5.74) is -0.353. The van der Waals surface area contributed by atoms with Crippen LogP contribution in [0.4, 0.5) is 13.6 Å². The maximum atomic E-state index is 13.5. The van der Waals surface area contributed by atoms with Crippen LogP contribution in [-0.2, 0) is 11.3 Å². The summed E-state index contributed by atoms with van der Waals surface area (Å²) in [6.45, 7) is 6.14. The van der Waals surface area contributed by atoms with E-state index in [1.54, 1.807) is 27.8 Å². The molecule has 1 amide bonds. The van der Waals surface area contributed by atoms with Crippen molar-refractivity contribution >= 4 is 36.0 Å². The number of nitrogens with zero attached hydrogens (tertiary/aromatic N) is 1. The van der Waals surface area contributed by atoms with E-state index in [1.807, 2.05) is 0 Å². The van der Waals surface area contributed by atoms with Crippen molar-refractivity contribution < 1.29 is 18.3 Å². The van der Waals surface area contributed by atoms with Crippen molar-refractivity contribution in [1.82, 2.24) is 16.0 Å². The summed E-state index contributed by atoms with van der Waals surface area (Å²) in [5.74, 6) is -0.590. The van der Waals surface area contributed by atoms with E-state index >= 15 is 0 Å². The Morgan fingerprint density at radius 3 is 2.40 bits per heavy atom. The van der Waals surface area contributed by atoms with Gasteiger partial charge in [0.05, 0.1) is 0 Å². The van der Waals surface area contributed by atoms with Crippen molar-refractivity contribution in [2.75, 3.05) is 20.1 Å². The lowest BCUT2D eigenvalue weighted by Crippen LogP contribution is -2.42. The first kappa shape index (κ1) is 23.4. The molecule has 1 rings (SSSR count). The number of hydrogen-bond donors (Lipinski definition) is 3. The maximum absolute atomic E-state index is 13.5. The number of carbonyl (C=O) groups excluding carboxylic acids is 1. The van der Waals surface area contributed by atoms with E-state index in [2.05, 4.69) is 20.9 Å². The Balaban J connectivity index is 0.00000576. The Morgan fingerprint density at radius 1 is 1.16 bits per heavy atom. The Hall–Kier alpha value is -1.65. The third-order valence-corrected chi connectivity index (χ3v) is 2.76. The molecule has 0 radical (unpaired) electrons. The van der Waals surface area contributed by atoms with Crippen LogP contribution >= 0.6 is 24.0 Å². The Morgan fingerprint density at radius 2 is 1.80 bits per heavy atom. The van der Waals surface area contributed by atoms with Gasteiger partial charge in [0.25, 0.3) is 0 Å². The monoisotopic (exact) mass is 470 g/mol. The van der Waals surface area contributed by atoms with E-state index in [4.69, 9.17) is 4.74 Å². The lowest BCUT2D eigenvalue weighted by Gasteiger charge is -2.20. The number of benzene rings is 1. The highest BCUT2D eigenvalue weighted by molar-refractivity contribution is 14.0. The van der Waals surface area contributed by atoms with E-state index in [0.29, 0.717) is 19.0 Å². The molecule has 0 aromatic heterocycles. The molecule has 0 spiro atoms. The topological polar surface area (TPSA) is 74.8 Å². The van der Waals surface area contributed by atoms with Crippen LogP contribution in [0.5, 0.6) is 0 Å². The van der Waals surface area contributed by atoms with Crippen LogP contribution in [0.1, 0.15) is 26.3 Å². The Bertz CT molecular complexity index is 592. The number of nitrogens with one attached hydrogen (secondary N) is 3. The normalized spacial score (nSPS) is 11.4. The van der Waals surface area contributed by atoms with Crippen LogP contribution in [0.2, 0.25) is 0 Å². The van der Waals surface area contributed by atoms with E-state index in [0.717, 1.165) is 18.2 Å². The molecule has 0 unspecified atom stereocenters. The Kier molecular flexibility index (Phi) is 10.3. The summed E-state index contributed by atoms with van der Waals surface area (Å²) >= 11 is 0. The average Bonchev–Trinajstić information content (AvgIpc) is 2.48. The molecule has 0 atom stereocenters. The first-order valence-electron chi connectivity index (χ1n) is 7.56. The molecule has 9 heteroatoms. The zero-order valence-electron chi connectivity index (χ0n) is 14.8. The molecular formula is C16H25F2IN4O2. The molecule has 0 saturated heterocycles. The highest BCUT2D eigenvalue weighted by Gasteiger charge is 2.15. The number of ether oxygens (including phenoxy) is 1. The molecule has 0 aliphatic heterocycles. The zero-order chi connectivity index (χ0) is 18.2. The summed E-state index contributed by atoms with van der Waals surface area (Å²) in [5, 5.41) is 8.41. The van der Waals surface area contributed by atoms with Gasteiger partial charge in [-0.2, -0.15) is 0 Å². The second kappa shape index (κ2) is 11.1. The molecular weight excluding hydrogens is 445 g/mol. The van der Waals surface area contributed by atoms with Gasteiger partial charge in [0, 0.05) is 32.2 Å². The van der Waals surface area contributed by atoms with Crippen LogP contribution in [0.3, 0.4) is 0 Å². The molecule has 3 N–H and O–H groups in total. The second-order valence-electron chi connectivity index (χ2n) is 6.02. The largest absolute Gasteiger partial charge is 0.444 e. The Labute approximate surface area is 163 Å². The number of guanidine groups is 1. The van der Waals surface area contributed by atoms with Gasteiger partial charge in [0.15, 0.2) is 5.96 Å². The average molecular weight is 470 g/mol. The zero-order valence-corrected chi connectivity index (χ0v) is 17.1.